The number of fused-ring (bicyclic) bond motifs is 12. The highest BCUT2D eigenvalue weighted by atomic mass is 16.3. The maximum absolute atomic E-state index is 6.88. The topological polar surface area (TPSA) is 48.8 Å². The minimum atomic E-state index is 0.659. The van der Waals surface area contributed by atoms with E-state index in [1.807, 2.05) is 18.2 Å². The van der Waals surface area contributed by atoms with E-state index in [0.717, 1.165) is 66.3 Å². The first-order chi connectivity index (χ1) is 24.3. The van der Waals surface area contributed by atoms with Crippen LogP contribution < -0.4 is 0 Å². The number of rotatable bonds is 3. The second-order valence-electron chi connectivity index (χ2n) is 12.6. The molecule has 0 aliphatic carbocycles. The molecule has 0 spiro atoms. The van der Waals surface area contributed by atoms with E-state index in [1.54, 1.807) is 0 Å². The van der Waals surface area contributed by atoms with Gasteiger partial charge in [-0.05, 0) is 47.9 Å². The summed E-state index contributed by atoms with van der Waals surface area (Å²) in [6.45, 7) is 0. The van der Waals surface area contributed by atoms with Gasteiger partial charge in [-0.2, -0.15) is 0 Å². The Balaban J connectivity index is 1.33. The standard InChI is InChI=1S/C44H26N4O/c1-3-14-28(15-4-1)43-45-40-33-24-23-27-13-7-8-18-30(27)41(33)49-42(40)44(46-43)48-35-22-12-10-20-32(35)39-37(48)26-25-36-38(39)31-19-9-11-21-34(31)47(36)29-16-5-2-6-17-29/h1-26H. The highest BCUT2D eigenvalue weighted by molar-refractivity contribution is 6.29. The van der Waals surface area contributed by atoms with Gasteiger partial charge in [0, 0.05) is 43.6 Å². The van der Waals surface area contributed by atoms with Crippen molar-refractivity contribution in [2.24, 2.45) is 0 Å². The molecule has 0 aliphatic heterocycles. The van der Waals surface area contributed by atoms with Crippen molar-refractivity contribution < 1.29 is 4.42 Å². The van der Waals surface area contributed by atoms with Gasteiger partial charge in [-0.3, -0.25) is 4.57 Å². The zero-order valence-corrected chi connectivity index (χ0v) is 26.2. The van der Waals surface area contributed by atoms with E-state index in [4.69, 9.17) is 14.4 Å². The van der Waals surface area contributed by atoms with Crippen molar-refractivity contribution in [2.45, 2.75) is 0 Å². The van der Waals surface area contributed by atoms with Crippen LogP contribution in [0, 0.1) is 0 Å². The number of aromatic nitrogens is 4. The van der Waals surface area contributed by atoms with Crippen LogP contribution >= 0.6 is 0 Å². The first-order valence-corrected chi connectivity index (χ1v) is 16.5. The molecule has 0 unspecified atom stereocenters. The average Bonchev–Trinajstić information content (AvgIpc) is 3.83. The van der Waals surface area contributed by atoms with Crippen molar-refractivity contribution in [1.29, 1.82) is 0 Å². The molecule has 0 radical (unpaired) electrons. The van der Waals surface area contributed by atoms with Crippen LogP contribution in [0.15, 0.2) is 162 Å². The molecule has 0 aliphatic rings. The monoisotopic (exact) mass is 626 g/mol. The molecule has 0 amide bonds. The summed E-state index contributed by atoms with van der Waals surface area (Å²) in [6, 6.07) is 55.3. The Morgan fingerprint density at radius 1 is 0.408 bits per heavy atom. The Morgan fingerprint density at radius 2 is 1.00 bits per heavy atom. The number of hydrogen-bond donors (Lipinski definition) is 0. The zero-order valence-electron chi connectivity index (χ0n) is 26.2. The van der Waals surface area contributed by atoms with Crippen LogP contribution in [0.1, 0.15) is 0 Å². The predicted octanol–water partition coefficient (Wildman–Crippen LogP) is 11.4. The Hall–Kier alpha value is -6.72. The molecule has 7 aromatic carbocycles. The lowest BCUT2D eigenvalue weighted by Crippen LogP contribution is -2.01. The second kappa shape index (κ2) is 9.89. The lowest BCUT2D eigenvalue weighted by Gasteiger charge is -2.10. The van der Waals surface area contributed by atoms with Gasteiger partial charge in [0.15, 0.2) is 17.2 Å². The fraction of sp³-hybridized carbons (Fsp3) is 0. The molecule has 11 rings (SSSR count). The number of furan rings is 1. The van der Waals surface area contributed by atoms with Gasteiger partial charge in [0.2, 0.25) is 0 Å². The molecule has 5 nitrogen and oxygen atoms in total. The first-order valence-electron chi connectivity index (χ1n) is 16.5. The summed E-state index contributed by atoms with van der Waals surface area (Å²) in [4.78, 5) is 10.5. The molecule has 0 saturated carbocycles. The molecule has 0 N–H and O–H groups in total. The molecule has 11 aromatic rings. The highest BCUT2D eigenvalue weighted by Crippen LogP contribution is 2.44. The third-order valence-electron chi connectivity index (χ3n) is 9.92. The number of para-hydroxylation sites is 3. The van der Waals surface area contributed by atoms with Crippen LogP contribution in [0.5, 0.6) is 0 Å². The second-order valence-corrected chi connectivity index (χ2v) is 12.6. The van der Waals surface area contributed by atoms with Crippen LogP contribution in [0.4, 0.5) is 0 Å². The number of nitrogens with zero attached hydrogens (tertiary/aromatic N) is 4. The molecule has 0 fully saturated rings. The minimum Gasteiger partial charge on any atom is -0.450 e. The number of benzene rings is 7. The summed E-state index contributed by atoms with van der Waals surface area (Å²) in [5.74, 6) is 1.38. The molecule has 228 valence electrons. The third-order valence-corrected chi connectivity index (χ3v) is 9.92. The van der Waals surface area contributed by atoms with Crippen molar-refractivity contribution in [3.8, 4) is 22.9 Å². The predicted molar refractivity (Wildman–Crippen MR) is 201 cm³/mol. The van der Waals surface area contributed by atoms with Gasteiger partial charge in [-0.15, -0.1) is 0 Å². The highest BCUT2D eigenvalue weighted by Gasteiger charge is 2.25. The summed E-state index contributed by atoms with van der Waals surface area (Å²) in [7, 11) is 0. The van der Waals surface area contributed by atoms with Crippen LogP contribution in [0.3, 0.4) is 0 Å². The van der Waals surface area contributed by atoms with E-state index in [0.29, 0.717) is 11.4 Å². The van der Waals surface area contributed by atoms with Gasteiger partial charge in [0.1, 0.15) is 11.1 Å². The van der Waals surface area contributed by atoms with Crippen LogP contribution in [-0.2, 0) is 0 Å². The van der Waals surface area contributed by atoms with Gasteiger partial charge < -0.3 is 8.98 Å². The van der Waals surface area contributed by atoms with E-state index < -0.39 is 0 Å². The molecule has 49 heavy (non-hydrogen) atoms. The Morgan fingerprint density at radius 3 is 1.73 bits per heavy atom. The summed E-state index contributed by atoms with van der Waals surface area (Å²) >= 11 is 0. The zero-order chi connectivity index (χ0) is 32.1. The Labute approximate surface area is 279 Å². The summed E-state index contributed by atoms with van der Waals surface area (Å²) in [6.07, 6.45) is 0. The minimum absolute atomic E-state index is 0.659. The van der Waals surface area contributed by atoms with Gasteiger partial charge >= 0.3 is 0 Å². The van der Waals surface area contributed by atoms with Crippen molar-refractivity contribution in [1.82, 2.24) is 19.1 Å². The van der Waals surface area contributed by atoms with E-state index >= 15 is 0 Å². The van der Waals surface area contributed by atoms with E-state index in [1.165, 1.54) is 21.7 Å². The smallest absolute Gasteiger partial charge is 0.197 e. The lowest BCUT2D eigenvalue weighted by molar-refractivity contribution is 0.666. The number of hydrogen-bond acceptors (Lipinski definition) is 3. The molecule has 4 heterocycles. The maximum atomic E-state index is 6.88. The van der Waals surface area contributed by atoms with Gasteiger partial charge in [0.05, 0.1) is 22.1 Å². The first kappa shape index (κ1) is 26.4. The van der Waals surface area contributed by atoms with Crippen LogP contribution in [-0.4, -0.2) is 19.1 Å². The quantitative estimate of drug-likeness (QED) is 0.196. The third kappa shape index (κ3) is 3.64. The molecule has 0 atom stereocenters. The van der Waals surface area contributed by atoms with E-state index in [2.05, 4.69) is 149 Å². The van der Waals surface area contributed by atoms with Crippen molar-refractivity contribution in [2.75, 3.05) is 0 Å². The van der Waals surface area contributed by atoms with Crippen molar-refractivity contribution in [3.05, 3.63) is 158 Å². The lowest BCUT2D eigenvalue weighted by atomic mass is 10.1. The summed E-state index contributed by atoms with van der Waals surface area (Å²) in [5.41, 5.74) is 8.84. The fourth-order valence-corrected chi connectivity index (χ4v) is 7.83. The fourth-order valence-electron chi connectivity index (χ4n) is 7.83. The van der Waals surface area contributed by atoms with Gasteiger partial charge in [0.25, 0.3) is 0 Å². The molecule has 0 bridgehead atoms. The molecule has 0 saturated heterocycles. The molecule has 5 heteroatoms. The largest absolute Gasteiger partial charge is 0.450 e. The SMILES string of the molecule is c1ccc(-c2nc(-n3c4ccccc4c4c5c6ccccc6n(-c6ccccc6)c5ccc43)c3oc4c5ccccc5ccc4c3n2)cc1. The van der Waals surface area contributed by atoms with Crippen LogP contribution in [0.2, 0.25) is 0 Å². The molecular weight excluding hydrogens is 601 g/mol. The average molecular weight is 627 g/mol. The van der Waals surface area contributed by atoms with Crippen molar-refractivity contribution in [3.63, 3.8) is 0 Å². The molecular formula is C44H26N4O. The summed E-state index contributed by atoms with van der Waals surface area (Å²) < 4.78 is 11.5. The van der Waals surface area contributed by atoms with Gasteiger partial charge in [-0.25, -0.2) is 9.97 Å². The van der Waals surface area contributed by atoms with E-state index in [-0.39, 0.29) is 0 Å². The van der Waals surface area contributed by atoms with Crippen molar-refractivity contribution >= 4 is 76.5 Å². The molecule has 4 aromatic heterocycles. The van der Waals surface area contributed by atoms with E-state index in [9.17, 15) is 0 Å². The Kier molecular flexibility index (Phi) is 5.32. The van der Waals surface area contributed by atoms with Gasteiger partial charge in [-0.1, -0.05) is 115 Å². The van der Waals surface area contributed by atoms with Crippen LogP contribution in [0.25, 0.3) is 99.3 Å². The Bertz CT molecular complexity index is 3100. The normalized spacial score (nSPS) is 12.1. The maximum Gasteiger partial charge on any atom is 0.197 e. The summed E-state index contributed by atoms with van der Waals surface area (Å²) in [5, 5.41) is 7.94.